The summed E-state index contributed by atoms with van der Waals surface area (Å²) in [7, 11) is 0. The first-order valence-corrected chi connectivity index (χ1v) is 7.91. The van der Waals surface area contributed by atoms with Gasteiger partial charge in [-0.1, -0.05) is 19.1 Å². The minimum Gasteiger partial charge on any atom is -0.314 e. The van der Waals surface area contributed by atoms with Gasteiger partial charge in [0.1, 0.15) is 0 Å². The lowest BCUT2D eigenvalue weighted by molar-refractivity contribution is 0.244. The molecule has 2 nitrogen and oxygen atoms in total. The molecule has 18 heavy (non-hydrogen) atoms. The van der Waals surface area contributed by atoms with E-state index < -0.39 is 0 Å². The van der Waals surface area contributed by atoms with Gasteiger partial charge in [-0.25, -0.2) is 0 Å². The zero-order valence-corrected chi connectivity index (χ0v) is 11.9. The van der Waals surface area contributed by atoms with Gasteiger partial charge < -0.3 is 10.2 Å². The number of fused-ring (bicyclic) bond motifs is 1. The lowest BCUT2D eigenvalue weighted by Gasteiger charge is -2.27. The Balaban J connectivity index is 1.58. The Kier molecular flexibility index (Phi) is 3.92. The summed E-state index contributed by atoms with van der Waals surface area (Å²) in [5, 5.41) is 4.17. The molecular weight excluding hydrogens is 240 g/mol. The van der Waals surface area contributed by atoms with E-state index in [9.17, 15) is 0 Å². The van der Waals surface area contributed by atoms with Crippen LogP contribution in [0.3, 0.4) is 0 Å². The Labute approximate surface area is 114 Å². The molecule has 2 aliphatic rings. The number of nitrogens with zero attached hydrogens (tertiary/aromatic N) is 1. The van der Waals surface area contributed by atoms with Gasteiger partial charge in [0.15, 0.2) is 0 Å². The molecule has 0 saturated carbocycles. The number of thioether (sulfide) groups is 1. The smallest absolute Gasteiger partial charge is 0.0108 e. The van der Waals surface area contributed by atoms with Crippen molar-refractivity contribution in [3.05, 3.63) is 29.3 Å². The Morgan fingerprint density at radius 2 is 2.17 bits per heavy atom. The number of hydrogen-bond donors (Lipinski definition) is 1. The van der Waals surface area contributed by atoms with E-state index in [-0.39, 0.29) is 0 Å². The molecule has 98 valence electrons. The van der Waals surface area contributed by atoms with Gasteiger partial charge in [0.05, 0.1) is 0 Å². The highest BCUT2D eigenvalue weighted by Crippen LogP contribution is 2.37. The van der Waals surface area contributed by atoms with Crippen molar-refractivity contribution in [2.24, 2.45) is 0 Å². The lowest BCUT2D eigenvalue weighted by Crippen LogP contribution is -2.44. The molecule has 0 aliphatic carbocycles. The van der Waals surface area contributed by atoms with Crippen molar-refractivity contribution >= 4 is 11.8 Å². The van der Waals surface area contributed by atoms with Crippen LogP contribution in [0.5, 0.6) is 0 Å². The van der Waals surface area contributed by atoms with Gasteiger partial charge in [-0.05, 0) is 30.0 Å². The van der Waals surface area contributed by atoms with Crippen LogP contribution in [0, 0.1) is 0 Å². The van der Waals surface area contributed by atoms with Crippen molar-refractivity contribution in [1.29, 1.82) is 0 Å². The molecule has 1 unspecified atom stereocenters. The summed E-state index contributed by atoms with van der Waals surface area (Å²) < 4.78 is 0. The molecule has 2 aliphatic heterocycles. The van der Waals surface area contributed by atoms with Gasteiger partial charge >= 0.3 is 0 Å². The van der Waals surface area contributed by atoms with E-state index >= 15 is 0 Å². The highest BCUT2D eigenvalue weighted by molar-refractivity contribution is 8.00. The maximum atomic E-state index is 3.41. The van der Waals surface area contributed by atoms with E-state index in [1.165, 1.54) is 42.9 Å². The summed E-state index contributed by atoms with van der Waals surface area (Å²) in [6, 6.07) is 7.09. The van der Waals surface area contributed by atoms with Crippen LogP contribution in [0.15, 0.2) is 23.1 Å². The van der Waals surface area contributed by atoms with Crippen molar-refractivity contribution < 1.29 is 0 Å². The number of benzene rings is 1. The Hall–Kier alpha value is -0.510. The molecule has 0 amide bonds. The van der Waals surface area contributed by atoms with Crippen LogP contribution in [0.2, 0.25) is 0 Å². The minimum absolute atomic E-state index is 0.767. The van der Waals surface area contributed by atoms with E-state index in [0.29, 0.717) is 0 Å². The minimum atomic E-state index is 0.767. The lowest BCUT2D eigenvalue weighted by atomic mass is 10.0. The molecule has 2 heterocycles. The van der Waals surface area contributed by atoms with Gasteiger partial charge in [0.2, 0.25) is 0 Å². The first-order chi connectivity index (χ1) is 8.81. The zero-order chi connectivity index (χ0) is 12.4. The highest BCUT2D eigenvalue weighted by atomic mass is 32.2. The first-order valence-electron chi connectivity index (χ1n) is 7.03. The quantitative estimate of drug-likeness (QED) is 0.899. The third kappa shape index (κ3) is 2.90. The molecule has 1 atom stereocenters. The molecule has 1 N–H and O–H groups in total. The maximum Gasteiger partial charge on any atom is 0.0108 e. The van der Waals surface area contributed by atoms with E-state index in [1.54, 1.807) is 5.56 Å². The monoisotopic (exact) mass is 262 g/mol. The second-order valence-corrected chi connectivity index (χ2v) is 6.90. The summed E-state index contributed by atoms with van der Waals surface area (Å²) >= 11 is 2.03. The van der Waals surface area contributed by atoms with Crippen LogP contribution in [0.4, 0.5) is 0 Å². The fraction of sp³-hybridized carbons (Fsp3) is 0.600. The van der Waals surface area contributed by atoms with Crippen molar-refractivity contribution in [3.63, 3.8) is 0 Å². The molecule has 3 heteroatoms. The highest BCUT2D eigenvalue weighted by Gasteiger charge is 2.18. The fourth-order valence-electron chi connectivity index (χ4n) is 2.85. The van der Waals surface area contributed by atoms with Crippen molar-refractivity contribution in [3.8, 4) is 0 Å². The average Bonchev–Trinajstić information content (AvgIpc) is 2.77. The van der Waals surface area contributed by atoms with Crippen LogP contribution < -0.4 is 5.32 Å². The fourth-order valence-corrected chi connectivity index (χ4v) is 3.99. The van der Waals surface area contributed by atoms with Crippen LogP contribution in [-0.4, -0.2) is 42.9 Å². The molecule has 0 bridgehead atoms. The maximum absolute atomic E-state index is 3.41. The summed E-state index contributed by atoms with van der Waals surface area (Å²) in [5.41, 5.74) is 3.09. The number of piperazine rings is 1. The molecule has 0 spiro atoms. The SMILES string of the molecule is CC1Cc2cc(CCN3CCNCC3)ccc2S1. The second-order valence-electron chi connectivity index (χ2n) is 5.42. The van der Waals surface area contributed by atoms with Crippen LogP contribution >= 0.6 is 11.8 Å². The van der Waals surface area contributed by atoms with Gasteiger partial charge in [-0.3, -0.25) is 0 Å². The predicted octanol–water partition coefficient (Wildman–Crippen LogP) is 2.17. The van der Waals surface area contributed by atoms with E-state index in [1.807, 2.05) is 11.8 Å². The van der Waals surface area contributed by atoms with Gasteiger partial charge in [-0.2, -0.15) is 0 Å². The van der Waals surface area contributed by atoms with E-state index in [0.717, 1.165) is 18.3 Å². The summed E-state index contributed by atoms with van der Waals surface area (Å²) in [6.07, 6.45) is 2.45. The van der Waals surface area contributed by atoms with Crippen molar-refractivity contribution in [2.45, 2.75) is 29.9 Å². The molecular formula is C15H22N2S. The summed E-state index contributed by atoms with van der Waals surface area (Å²) in [4.78, 5) is 4.08. The molecule has 1 aromatic rings. The third-order valence-corrected chi connectivity index (χ3v) is 5.11. The van der Waals surface area contributed by atoms with E-state index in [4.69, 9.17) is 0 Å². The number of nitrogens with one attached hydrogen (secondary N) is 1. The standard InChI is InChI=1S/C15H22N2S/c1-12-10-14-11-13(2-3-15(14)18-12)4-7-17-8-5-16-6-9-17/h2-3,11-12,16H,4-10H2,1H3. The average molecular weight is 262 g/mol. The molecule has 3 rings (SSSR count). The topological polar surface area (TPSA) is 15.3 Å². The molecule has 0 aromatic heterocycles. The summed E-state index contributed by atoms with van der Waals surface area (Å²) in [6.45, 7) is 8.25. The third-order valence-electron chi connectivity index (χ3n) is 3.89. The van der Waals surface area contributed by atoms with E-state index in [2.05, 4.69) is 35.3 Å². The number of hydrogen-bond acceptors (Lipinski definition) is 3. The molecule has 1 saturated heterocycles. The molecule has 1 fully saturated rings. The van der Waals surface area contributed by atoms with Gasteiger partial charge in [0, 0.05) is 42.9 Å². The van der Waals surface area contributed by atoms with Crippen molar-refractivity contribution in [1.82, 2.24) is 10.2 Å². The van der Waals surface area contributed by atoms with Crippen LogP contribution in [0.1, 0.15) is 18.1 Å². The first kappa shape index (κ1) is 12.5. The van der Waals surface area contributed by atoms with Crippen LogP contribution in [-0.2, 0) is 12.8 Å². The molecule has 0 radical (unpaired) electrons. The summed E-state index contributed by atoms with van der Waals surface area (Å²) in [5.74, 6) is 0. The number of rotatable bonds is 3. The Morgan fingerprint density at radius 3 is 3.00 bits per heavy atom. The predicted molar refractivity (Wildman–Crippen MR) is 78.5 cm³/mol. The Bertz CT molecular complexity index is 413. The zero-order valence-electron chi connectivity index (χ0n) is 11.1. The largest absolute Gasteiger partial charge is 0.314 e. The second kappa shape index (κ2) is 5.64. The normalized spacial score (nSPS) is 24.2. The van der Waals surface area contributed by atoms with Gasteiger partial charge in [-0.15, -0.1) is 11.8 Å². The van der Waals surface area contributed by atoms with Crippen molar-refractivity contribution in [2.75, 3.05) is 32.7 Å². The van der Waals surface area contributed by atoms with Gasteiger partial charge in [0.25, 0.3) is 0 Å². The van der Waals surface area contributed by atoms with Crippen LogP contribution in [0.25, 0.3) is 0 Å². The Morgan fingerprint density at radius 1 is 1.33 bits per heavy atom. The molecule has 1 aromatic carbocycles.